The molecule has 0 bridgehead atoms. The molecule has 0 saturated carbocycles. The largest absolute Gasteiger partial charge is 0.465 e. The maximum absolute atomic E-state index is 12.4. The molecule has 0 aliphatic heterocycles. The first kappa shape index (κ1) is 22.8. The summed E-state index contributed by atoms with van der Waals surface area (Å²) in [6.07, 6.45) is 5.84. The number of esters is 2. The van der Waals surface area contributed by atoms with Crippen molar-refractivity contribution in [2.45, 2.75) is 32.1 Å². The topological polar surface area (TPSA) is 94.6 Å². The Morgan fingerprint density at radius 3 is 2.57 bits per heavy atom. The number of carbonyl (C=O) groups excluding carboxylic acids is 3. The third-order valence-corrected chi connectivity index (χ3v) is 6.96. The number of nitrogens with zero attached hydrogens (tertiary/aromatic N) is 1. The summed E-state index contributed by atoms with van der Waals surface area (Å²) >= 11 is 19.0. The van der Waals surface area contributed by atoms with E-state index < -0.39 is 24.5 Å². The van der Waals surface area contributed by atoms with Crippen molar-refractivity contribution in [2.24, 2.45) is 0 Å². The summed E-state index contributed by atoms with van der Waals surface area (Å²) in [5.41, 5.74) is 1.04. The van der Waals surface area contributed by atoms with Crippen molar-refractivity contribution in [3.8, 4) is 0 Å². The zero-order chi connectivity index (χ0) is 21.8. The molecule has 30 heavy (non-hydrogen) atoms. The Labute approximate surface area is 191 Å². The standard InChI is InChI=1S/C19H17Cl3N2O5S/c1-28-18(26)13-9-5-3-2-4-6-11(9)30-17(13)24-12(25)8-29-19(27)16-15(22)14(21)10(20)7-23-16/h7H,2-6,8H2,1H3,(H,24,25). The molecule has 2 aromatic rings. The van der Waals surface area contributed by atoms with Gasteiger partial charge in [0.2, 0.25) is 0 Å². The second-order valence-electron chi connectivity index (χ2n) is 6.47. The van der Waals surface area contributed by atoms with Crippen molar-refractivity contribution >= 4 is 69.0 Å². The molecule has 7 nitrogen and oxygen atoms in total. The summed E-state index contributed by atoms with van der Waals surface area (Å²) in [6, 6.07) is 0. The predicted octanol–water partition coefficient (Wildman–Crippen LogP) is 4.95. The van der Waals surface area contributed by atoms with Gasteiger partial charge in [-0.1, -0.05) is 41.2 Å². The summed E-state index contributed by atoms with van der Waals surface area (Å²) in [4.78, 5) is 41.7. The highest BCUT2D eigenvalue weighted by atomic mass is 35.5. The smallest absolute Gasteiger partial charge is 0.359 e. The minimum Gasteiger partial charge on any atom is -0.465 e. The second-order valence-corrected chi connectivity index (χ2v) is 8.74. The van der Waals surface area contributed by atoms with E-state index in [0.717, 1.165) is 48.7 Å². The zero-order valence-electron chi connectivity index (χ0n) is 15.9. The average molecular weight is 492 g/mol. The number of thiophene rings is 1. The lowest BCUT2D eigenvalue weighted by molar-refractivity contribution is -0.119. The van der Waals surface area contributed by atoms with E-state index in [1.807, 2.05) is 0 Å². The molecule has 0 unspecified atom stereocenters. The Hall–Kier alpha value is -1.87. The molecular formula is C19H17Cl3N2O5S. The SMILES string of the molecule is COC(=O)c1c(NC(=O)COC(=O)c2ncc(Cl)c(Cl)c2Cl)sc2c1CCCCC2. The maximum atomic E-state index is 12.4. The number of aromatic nitrogens is 1. The second kappa shape index (κ2) is 9.96. The van der Waals surface area contributed by atoms with Crippen LogP contribution in [0, 0.1) is 0 Å². The molecule has 1 aliphatic rings. The first-order valence-corrected chi connectivity index (χ1v) is 11.0. The summed E-state index contributed by atoms with van der Waals surface area (Å²) in [5.74, 6) is -2.04. The van der Waals surface area contributed by atoms with Gasteiger partial charge >= 0.3 is 11.9 Å². The Balaban J connectivity index is 1.71. The van der Waals surface area contributed by atoms with Gasteiger partial charge in [0.15, 0.2) is 12.3 Å². The third kappa shape index (κ3) is 4.88. The van der Waals surface area contributed by atoms with Crippen LogP contribution in [0.15, 0.2) is 6.20 Å². The molecule has 0 fully saturated rings. The molecule has 1 aliphatic carbocycles. The number of methoxy groups -OCH3 is 1. The molecule has 0 atom stereocenters. The van der Waals surface area contributed by atoms with Gasteiger partial charge in [-0.25, -0.2) is 14.6 Å². The van der Waals surface area contributed by atoms with E-state index >= 15 is 0 Å². The number of halogens is 3. The van der Waals surface area contributed by atoms with Crippen molar-refractivity contribution < 1.29 is 23.9 Å². The normalized spacial score (nSPS) is 13.2. The van der Waals surface area contributed by atoms with Crippen molar-refractivity contribution in [2.75, 3.05) is 19.0 Å². The summed E-state index contributed by atoms with van der Waals surface area (Å²) < 4.78 is 9.87. The van der Waals surface area contributed by atoms with Crippen LogP contribution in [-0.4, -0.2) is 36.5 Å². The van der Waals surface area contributed by atoms with E-state index in [2.05, 4.69) is 10.3 Å². The zero-order valence-corrected chi connectivity index (χ0v) is 18.9. The van der Waals surface area contributed by atoms with E-state index in [9.17, 15) is 14.4 Å². The van der Waals surface area contributed by atoms with Crippen LogP contribution in [0.1, 0.15) is 50.5 Å². The van der Waals surface area contributed by atoms with Crippen LogP contribution in [0.4, 0.5) is 5.00 Å². The first-order chi connectivity index (χ1) is 14.3. The number of carbonyl (C=O) groups is 3. The molecule has 2 aromatic heterocycles. The number of anilines is 1. The molecular weight excluding hydrogens is 475 g/mol. The molecule has 0 saturated heterocycles. The van der Waals surface area contributed by atoms with Crippen LogP contribution in [0.2, 0.25) is 15.1 Å². The number of rotatable bonds is 5. The molecule has 3 rings (SSSR count). The fraction of sp³-hybridized carbons (Fsp3) is 0.368. The van der Waals surface area contributed by atoms with Gasteiger partial charge in [0.05, 0.1) is 27.7 Å². The number of hydrogen-bond donors (Lipinski definition) is 1. The van der Waals surface area contributed by atoms with Gasteiger partial charge in [-0.2, -0.15) is 0 Å². The Morgan fingerprint density at radius 2 is 1.83 bits per heavy atom. The summed E-state index contributed by atoms with van der Waals surface area (Å²) in [6.45, 7) is -0.597. The molecule has 160 valence electrons. The Bertz CT molecular complexity index is 1010. The van der Waals surface area contributed by atoms with Crippen LogP contribution >= 0.6 is 46.1 Å². The van der Waals surface area contributed by atoms with Crippen LogP contribution in [0.3, 0.4) is 0 Å². The summed E-state index contributed by atoms with van der Waals surface area (Å²) in [7, 11) is 1.30. The van der Waals surface area contributed by atoms with E-state index in [1.54, 1.807) is 0 Å². The number of nitrogens with one attached hydrogen (secondary N) is 1. The highest BCUT2D eigenvalue weighted by Crippen LogP contribution is 2.38. The first-order valence-electron chi connectivity index (χ1n) is 9.02. The maximum Gasteiger partial charge on any atom is 0.359 e. The minimum absolute atomic E-state index is 0.0347. The summed E-state index contributed by atoms with van der Waals surface area (Å²) in [5, 5.41) is 2.93. The van der Waals surface area contributed by atoms with Crippen LogP contribution < -0.4 is 5.32 Å². The third-order valence-electron chi connectivity index (χ3n) is 4.51. The van der Waals surface area contributed by atoms with Crippen LogP contribution in [-0.2, 0) is 27.1 Å². The predicted molar refractivity (Wildman–Crippen MR) is 115 cm³/mol. The van der Waals surface area contributed by atoms with E-state index in [4.69, 9.17) is 44.3 Å². The fourth-order valence-electron chi connectivity index (χ4n) is 3.10. The number of aryl methyl sites for hydroxylation is 1. The van der Waals surface area contributed by atoms with Crippen LogP contribution in [0.25, 0.3) is 0 Å². The van der Waals surface area contributed by atoms with Gasteiger partial charge < -0.3 is 14.8 Å². The van der Waals surface area contributed by atoms with Gasteiger partial charge in [-0.15, -0.1) is 11.3 Å². The number of fused-ring (bicyclic) bond motifs is 1. The number of ether oxygens (including phenoxy) is 2. The van der Waals surface area contributed by atoms with Gasteiger partial charge in [0, 0.05) is 11.1 Å². The minimum atomic E-state index is -0.927. The lowest BCUT2D eigenvalue weighted by Crippen LogP contribution is -2.22. The highest BCUT2D eigenvalue weighted by Gasteiger charge is 2.27. The fourth-order valence-corrected chi connectivity index (χ4v) is 4.95. The molecule has 0 radical (unpaired) electrons. The number of hydrogen-bond acceptors (Lipinski definition) is 7. The van der Waals surface area contributed by atoms with Crippen molar-refractivity contribution in [1.29, 1.82) is 0 Å². The molecule has 0 spiro atoms. The van der Waals surface area contributed by atoms with Crippen LogP contribution in [0.5, 0.6) is 0 Å². The van der Waals surface area contributed by atoms with Gasteiger partial charge in [0.1, 0.15) is 5.00 Å². The van der Waals surface area contributed by atoms with Gasteiger partial charge in [-0.05, 0) is 31.2 Å². The quantitative estimate of drug-likeness (QED) is 0.469. The molecule has 0 aromatic carbocycles. The lowest BCUT2D eigenvalue weighted by atomic mass is 10.1. The van der Waals surface area contributed by atoms with E-state index in [1.165, 1.54) is 18.4 Å². The Kier molecular flexibility index (Phi) is 7.57. The van der Waals surface area contributed by atoms with Gasteiger partial charge in [-0.3, -0.25) is 4.79 Å². The average Bonchev–Trinajstić information content (AvgIpc) is 2.90. The van der Waals surface area contributed by atoms with E-state index in [0.29, 0.717) is 10.6 Å². The van der Waals surface area contributed by atoms with Crippen molar-refractivity contribution in [3.63, 3.8) is 0 Å². The number of pyridine rings is 1. The lowest BCUT2D eigenvalue weighted by Gasteiger charge is -2.09. The number of amides is 1. The van der Waals surface area contributed by atoms with Crippen molar-refractivity contribution in [1.82, 2.24) is 4.98 Å². The molecule has 1 amide bonds. The monoisotopic (exact) mass is 490 g/mol. The van der Waals surface area contributed by atoms with Gasteiger partial charge in [0.25, 0.3) is 5.91 Å². The Morgan fingerprint density at radius 1 is 1.10 bits per heavy atom. The van der Waals surface area contributed by atoms with E-state index in [-0.39, 0.29) is 20.8 Å². The molecule has 11 heteroatoms. The van der Waals surface area contributed by atoms with Crippen molar-refractivity contribution in [3.05, 3.63) is 43.0 Å². The highest BCUT2D eigenvalue weighted by molar-refractivity contribution is 7.17. The molecule has 1 N–H and O–H groups in total. The molecule has 2 heterocycles.